The predicted octanol–water partition coefficient (Wildman–Crippen LogP) is 4.45. The number of rotatable bonds is 10. The molecule has 0 radical (unpaired) electrons. The van der Waals surface area contributed by atoms with Gasteiger partial charge in [0.25, 0.3) is 15.9 Å². The Hall–Kier alpha value is -3.36. The van der Waals surface area contributed by atoms with E-state index in [9.17, 15) is 13.2 Å². The fraction of sp³-hybridized carbons (Fsp3) is 0.296. The topological polar surface area (TPSA) is 87.7 Å². The van der Waals surface area contributed by atoms with Crippen LogP contribution >= 0.6 is 0 Å². The molecule has 0 saturated carbocycles. The molecule has 1 amide bonds. The van der Waals surface area contributed by atoms with Crippen LogP contribution in [0.25, 0.3) is 0 Å². The summed E-state index contributed by atoms with van der Waals surface area (Å²) in [6, 6.07) is 23.0. The molecule has 0 unspecified atom stereocenters. The maximum Gasteiger partial charge on any atom is 0.261 e. The molecule has 8 heteroatoms. The summed E-state index contributed by atoms with van der Waals surface area (Å²) in [6.45, 7) is 4.94. The minimum atomic E-state index is -3.75. The van der Waals surface area contributed by atoms with Gasteiger partial charge in [-0.3, -0.25) is 14.4 Å². The molecular weight excluding hydrogens is 462 g/mol. The van der Waals surface area contributed by atoms with Gasteiger partial charge in [-0.25, -0.2) is 8.42 Å². The van der Waals surface area contributed by atoms with Crippen molar-refractivity contribution in [3.05, 3.63) is 90.0 Å². The van der Waals surface area contributed by atoms with Crippen LogP contribution in [0.1, 0.15) is 41.7 Å². The summed E-state index contributed by atoms with van der Waals surface area (Å²) < 4.78 is 33.3. The smallest absolute Gasteiger partial charge is 0.261 e. The highest BCUT2D eigenvalue weighted by Gasteiger charge is 2.24. The van der Waals surface area contributed by atoms with Gasteiger partial charge in [0.2, 0.25) is 0 Å². The lowest BCUT2D eigenvalue weighted by atomic mass is 10.1. The van der Waals surface area contributed by atoms with Gasteiger partial charge >= 0.3 is 0 Å². The molecule has 1 aliphatic rings. The molecule has 3 aromatic rings. The van der Waals surface area contributed by atoms with E-state index >= 15 is 0 Å². The number of ether oxygens (including phenoxy) is 1. The Labute approximate surface area is 207 Å². The normalized spacial score (nSPS) is 14.9. The number of benzene rings is 3. The van der Waals surface area contributed by atoms with Crippen molar-refractivity contribution in [3.8, 4) is 5.75 Å². The van der Waals surface area contributed by atoms with Crippen molar-refractivity contribution in [2.75, 3.05) is 31.0 Å². The highest BCUT2D eigenvalue weighted by atomic mass is 32.2. The summed E-state index contributed by atoms with van der Waals surface area (Å²) in [4.78, 5) is 15.4. The predicted molar refractivity (Wildman–Crippen MR) is 137 cm³/mol. The minimum absolute atomic E-state index is 0.128. The van der Waals surface area contributed by atoms with Gasteiger partial charge in [0.15, 0.2) is 0 Å². The van der Waals surface area contributed by atoms with Gasteiger partial charge in [-0.1, -0.05) is 30.3 Å². The first kappa shape index (κ1) is 24.8. The molecule has 4 rings (SSSR count). The number of anilines is 1. The molecule has 0 spiro atoms. The number of sulfonamides is 1. The van der Waals surface area contributed by atoms with E-state index in [4.69, 9.17) is 4.74 Å². The van der Waals surface area contributed by atoms with Crippen molar-refractivity contribution in [2.45, 2.75) is 30.7 Å². The lowest BCUT2D eigenvalue weighted by Crippen LogP contribution is -2.36. The first-order valence-electron chi connectivity index (χ1n) is 11.9. The van der Waals surface area contributed by atoms with Crippen LogP contribution in [0.15, 0.2) is 83.8 Å². The lowest BCUT2D eigenvalue weighted by molar-refractivity contribution is 0.0938. The molecule has 0 aliphatic carbocycles. The van der Waals surface area contributed by atoms with Crippen molar-refractivity contribution in [1.82, 2.24) is 10.2 Å². The van der Waals surface area contributed by atoms with Gasteiger partial charge in [-0.15, -0.1) is 0 Å². The molecule has 184 valence electrons. The summed E-state index contributed by atoms with van der Waals surface area (Å²) in [6.07, 6.45) is 2.34. The van der Waals surface area contributed by atoms with Gasteiger partial charge in [0, 0.05) is 17.8 Å². The van der Waals surface area contributed by atoms with Crippen molar-refractivity contribution in [2.24, 2.45) is 0 Å². The third-order valence-corrected chi connectivity index (χ3v) is 7.46. The molecule has 1 heterocycles. The fourth-order valence-electron chi connectivity index (χ4n) is 4.26. The highest BCUT2D eigenvalue weighted by Crippen LogP contribution is 2.25. The molecule has 1 aliphatic heterocycles. The van der Waals surface area contributed by atoms with E-state index in [0.717, 1.165) is 13.1 Å². The van der Waals surface area contributed by atoms with E-state index < -0.39 is 10.0 Å². The number of carbonyl (C=O) groups excluding carboxylic acids is 1. The SMILES string of the molecule is CCOc1ccc(S(=O)(=O)Nc2ccc(C(=O)NC[C@H](c3ccccc3)N3CCCC3)cc2)cc1. The van der Waals surface area contributed by atoms with Gasteiger partial charge in [0.05, 0.1) is 17.5 Å². The standard InChI is InChI=1S/C27H31N3O4S/c1-2-34-24-14-16-25(17-15-24)35(32,33)29-23-12-10-22(11-13-23)27(31)28-20-26(30-18-6-7-19-30)21-8-4-3-5-9-21/h3-5,8-17,26,29H,2,6-7,18-20H2,1H3,(H,28,31)/t26-/m1/s1. The van der Waals surface area contributed by atoms with Crippen molar-refractivity contribution in [1.29, 1.82) is 0 Å². The number of hydrogen-bond acceptors (Lipinski definition) is 5. The highest BCUT2D eigenvalue weighted by molar-refractivity contribution is 7.92. The monoisotopic (exact) mass is 493 g/mol. The molecule has 2 N–H and O–H groups in total. The molecule has 0 aromatic heterocycles. The van der Waals surface area contributed by atoms with Crippen LogP contribution in [0.5, 0.6) is 5.75 Å². The quantitative estimate of drug-likeness (QED) is 0.436. The van der Waals surface area contributed by atoms with E-state index in [0.29, 0.717) is 30.2 Å². The first-order valence-corrected chi connectivity index (χ1v) is 13.4. The summed E-state index contributed by atoms with van der Waals surface area (Å²) >= 11 is 0. The van der Waals surface area contributed by atoms with Gasteiger partial charge in [-0.2, -0.15) is 0 Å². The fourth-order valence-corrected chi connectivity index (χ4v) is 5.32. The second kappa shape index (κ2) is 11.4. The van der Waals surface area contributed by atoms with E-state index in [1.807, 2.05) is 25.1 Å². The third-order valence-electron chi connectivity index (χ3n) is 6.07. The van der Waals surface area contributed by atoms with Crippen LogP contribution in [0.4, 0.5) is 5.69 Å². The van der Waals surface area contributed by atoms with Gasteiger partial charge in [0.1, 0.15) is 5.75 Å². The van der Waals surface area contributed by atoms with Gasteiger partial charge in [-0.05, 0) is 86.9 Å². The zero-order valence-corrected chi connectivity index (χ0v) is 20.6. The second-order valence-electron chi connectivity index (χ2n) is 8.47. The van der Waals surface area contributed by atoms with Crippen LogP contribution in [-0.4, -0.2) is 45.5 Å². The van der Waals surface area contributed by atoms with E-state index in [-0.39, 0.29) is 16.8 Å². The Morgan fingerprint density at radius 1 is 0.943 bits per heavy atom. The Balaban J connectivity index is 1.38. The molecule has 7 nitrogen and oxygen atoms in total. The maximum absolute atomic E-state index is 12.8. The Kier molecular flexibility index (Phi) is 8.05. The summed E-state index contributed by atoms with van der Waals surface area (Å²) in [5.41, 5.74) is 2.05. The summed E-state index contributed by atoms with van der Waals surface area (Å²) in [5.74, 6) is 0.423. The first-order chi connectivity index (χ1) is 17.0. The van der Waals surface area contributed by atoms with Crippen LogP contribution < -0.4 is 14.8 Å². The van der Waals surface area contributed by atoms with Crippen LogP contribution in [0, 0.1) is 0 Å². The minimum Gasteiger partial charge on any atom is -0.494 e. The number of carbonyl (C=O) groups is 1. The van der Waals surface area contributed by atoms with E-state index in [1.54, 1.807) is 36.4 Å². The van der Waals surface area contributed by atoms with Crippen molar-refractivity contribution in [3.63, 3.8) is 0 Å². The Morgan fingerprint density at radius 2 is 1.60 bits per heavy atom. The average molecular weight is 494 g/mol. The van der Waals surface area contributed by atoms with Gasteiger partial charge < -0.3 is 10.1 Å². The third kappa shape index (κ3) is 6.41. The molecular formula is C27H31N3O4S. The molecule has 1 saturated heterocycles. The zero-order valence-electron chi connectivity index (χ0n) is 19.8. The largest absolute Gasteiger partial charge is 0.494 e. The van der Waals surface area contributed by atoms with Crippen LogP contribution in [0.2, 0.25) is 0 Å². The number of nitrogens with zero attached hydrogens (tertiary/aromatic N) is 1. The second-order valence-corrected chi connectivity index (χ2v) is 10.1. The van der Waals surface area contributed by atoms with Crippen molar-refractivity contribution >= 4 is 21.6 Å². The zero-order chi connectivity index (χ0) is 24.7. The van der Waals surface area contributed by atoms with E-state index in [2.05, 4.69) is 27.1 Å². The van der Waals surface area contributed by atoms with Crippen LogP contribution in [0.3, 0.4) is 0 Å². The molecule has 0 bridgehead atoms. The number of amides is 1. The molecule has 35 heavy (non-hydrogen) atoms. The molecule has 3 aromatic carbocycles. The number of nitrogens with one attached hydrogen (secondary N) is 2. The number of likely N-dealkylation sites (tertiary alicyclic amines) is 1. The molecule has 1 atom stereocenters. The maximum atomic E-state index is 12.8. The van der Waals surface area contributed by atoms with Crippen LogP contribution in [-0.2, 0) is 10.0 Å². The Bertz CT molecular complexity index is 1210. The lowest BCUT2D eigenvalue weighted by Gasteiger charge is -2.28. The average Bonchev–Trinajstić information content (AvgIpc) is 3.40. The Morgan fingerprint density at radius 3 is 2.23 bits per heavy atom. The van der Waals surface area contributed by atoms with Crippen molar-refractivity contribution < 1.29 is 17.9 Å². The molecule has 1 fully saturated rings. The summed E-state index contributed by atoms with van der Waals surface area (Å²) in [5, 5.41) is 3.05. The summed E-state index contributed by atoms with van der Waals surface area (Å²) in [7, 11) is -3.75. The van der Waals surface area contributed by atoms with E-state index in [1.165, 1.54) is 30.5 Å². The number of hydrogen-bond donors (Lipinski definition) is 2.